The highest BCUT2D eigenvalue weighted by molar-refractivity contribution is 7.08. The summed E-state index contributed by atoms with van der Waals surface area (Å²) >= 11 is 1.64. The first-order valence-electron chi connectivity index (χ1n) is 15.5. The van der Waals surface area contributed by atoms with Crippen molar-refractivity contribution in [2.75, 3.05) is 26.2 Å². The van der Waals surface area contributed by atoms with Crippen molar-refractivity contribution < 1.29 is 14.3 Å². The van der Waals surface area contributed by atoms with Gasteiger partial charge in [-0.3, -0.25) is 4.79 Å². The Morgan fingerprint density at radius 1 is 1.15 bits per heavy atom. The summed E-state index contributed by atoms with van der Waals surface area (Å²) in [7, 11) is 0. The molecule has 0 bridgehead atoms. The van der Waals surface area contributed by atoms with Crippen LogP contribution in [-0.4, -0.2) is 58.2 Å². The minimum absolute atomic E-state index is 0.0725. The number of carbonyl (C=O) groups is 1. The highest BCUT2D eigenvalue weighted by atomic mass is 32.1. The molecule has 1 saturated heterocycles. The summed E-state index contributed by atoms with van der Waals surface area (Å²) in [5.74, 6) is 0.841. The molecule has 2 unspecified atom stereocenters. The fourth-order valence-corrected chi connectivity index (χ4v) is 7.12. The first-order valence-corrected chi connectivity index (χ1v) is 16.4. The van der Waals surface area contributed by atoms with E-state index in [1.54, 1.807) is 23.5 Å². The lowest BCUT2D eigenvalue weighted by Crippen LogP contribution is -2.37. The van der Waals surface area contributed by atoms with Crippen LogP contribution in [0.1, 0.15) is 83.2 Å². The Morgan fingerprint density at radius 2 is 1.90 bits per heavy atom. The van der Waals surface area contributed by atoms with Gasteiger partial charge in [-0.2, -0.15) is 11.3 Å². The minimum atomic E-state index is -0.273. The maximum absolute atomic E-state index is 13.6. The number of imidazole rings is 1. The third-order valence-corrected chi connectivity index (χ3v) is 10.1. The predicted molar refractivity (Wildman–Crippen MR) is 164 cm³/mol. The number of benzene rings is 1. The SMILES string of the molecule is CCC(O)CCCCC[C@H](CNC(=O)C1CC12CCN(CC)CC2)c1[nH]c(-c2ccc(F)cc2)nc1-c1ccsc1. The van der Waals surface area contributed by atoms with Crippen LogP contribution in [-0.2, 0) is 4.79 Å². The molecule has 8 heteroatoms. The number of H-pyrrole nitrogens is 1. The van der Waals surface area contributed by atoms with Gasteiger partial charge in [0.15, 0.2) is 0 Å². The van der Waals surface area contributed by atoms with Crippen molar-refractivity contribution in [3.8, 4) is 22.6 Å². The van der Waals surface area contributed by atoms with Crippen molar-refractivity contribution in [3.63, 3.8) is 0 Å². The summed E-state index contributed by atoms with van der Waals surface area (Å²) < 4.78 is 13.6. The quantitative estimate of drug-likeness (QED) is 0.180. The molecular weight excluding hydrogens is 535 g/mol. The smallest absolute Gasteiger partial charge is 0.223 e. The molecule has 2 aliphatic rings. The van der Waals surface area contributed by atoms with Crippen molar-refractivity contribution in [1.29, 1.82) is 0 Å². The average molecular weight is 581 g/mol. The van der Waals surface area contributed by atoms with E-state index < -0.39 is 0 Å². The summed E-state index contributed by atoms with van der Waals surface area (Å²) in [5.41, 5.74) is 4.03. The van der Waals surface area contributed by atoms with Gasteiger partial charge < -0.3 is 20.3 Å². The number of unbranched alkanes of at least 4 members (excludes halogenated alkanes) is 2. The van der Waals surface area contributed by atoms with Gasteiger partial charge in [-0.1, -0.05) is 33.1 Å². The van der Waals surface area contributed by atoms with E-state index in [1.807, 2.05) is 6.92 Å². The largest absolute Gasteiger partial charge is 0.393 e. The average Bonchev–Trinajstić information content (AvgIpc) is 3.32. The van der Waals surface area contributed by atoms with Gasteiger partial charge >= 0.3 is 0 Å². The van der Waals surface area contributed by atoms with E-state index in [0.717, 1.165) is 99.9 Å². The zero-order chi connectivity index (χ0) is 28.8. The van der Waals surface area contributed by atoms with Gasteiger partial charge in [0.05, 0.1) is 11.8 Å². The number of hydrogen-bond donors (Lipinski definition) is 3. The first-order chi connectivity index (χ1) is 19.9. The second-order valence-corrected chi connectivity index (χ2v) is 12.8. The number of thiophene rings is 1. The Kier molecular flexibility index (Phi) is 9.94. The lowest BCUT2D eigenvalue weighted by molar-refractivity contribution is -0.123. The van der Waals surface area contributed by atoms with Crippen molar-refractivity contribution >= 4 is 17.2 Å². The van der Waals surface area contributed by atoms with Crippen LogP contribution in [0.25, 0.3) is 22.6 Å². The number of piperidine rings is 1. The topological polar surface area (TPSA) is 81.2 Å². The van der Waals surface area contributed by atoms with E-state index in [1.165, 1.54) is 12.1 Å². The summed E-state index contributed by atoms with van der Waals surface area (Å²) in [4.78, 5) is 24.5. The van der Waals surface area contributed by atoms with Gasteiger partial charge in [0.2, 0.25) is 5.91 Å². The van der Waals surface area contributed by atoms with Crippen LogP contribution in [0, 0.1) is 17.2 Å². The normalized spacial score (nSPS) is 19.8. The molecule has 1 aliphatic carbocycles. The van der Waals surface area contributed by atoms with E-state index in [4.69, 9.17) is 4.98 Å². The van der Waals surface area contributed by atoms with Crippen molar-refractivity contribution in [1.82, 2.24) is 20.2 Å². The molecule has 222 valence electrons. The number of rotatable bonds is 14. The standard InChI is InChI=1S/C33H45FN4O2S/c1-3-27(39)9-7-5-6-8-24(21-35-32(40)28-20-33(28)15-17-38(4-2)18-16-33)29-30(25-14-19-41-22-25)37-31(36-29)23-10-12-26(34)13-11-23/h10-14,19,22,24,27-28,39H,3-9,15-18,20-21H2,1-2H3,(H,35,40)(H,36,37)/t24-,27?,28?/m1/s1. The summed E-state index contributed by atoms with van der Waals surface area (Å²) in [6, 6.07) is 8.50. The third kappa shape index (κ3) is 7.27. The number of hydrogen-bond acceptors (Lipinski definition) is 5. The van der Waals surface area contributed by atoms with Crippen LogP contribution < -0.4 is 5.32 Å². The van der Waals surface area contributed by atoms with E-state index in [0.29, 0.717) is 12.4 Å². The number of amides is 1. The zero-order valence-corrected chi connectivity index (χ0v) is 25.3. The molecule has 1 aromatic carbocycles. The number of nitrogens with zero attached hydrogens (tertiary/aromatic N) is 2. The molecule has 41 heavy (non-hydrogen) atoms. The molecule has 6 nitrogen and oxygen atoms in total. The van der Waals surface area contributed by atoms with Crippen LogP contribution in [0.5, 0.6) is 0 Å². The van der Waals surface area contributed by atoms with Gasteiger partial charge in [0, 0.05) is 40.6 Å². The van der Waals surface area contributed by atoms with Crippen molar-refractivity contribution in [2.45, 2.75) is 83.7 Å². The molecule has 3 aromatic rings. The third-order valence-electron chi connectivity index (χ3n) is 9.44. The summed E-state index contributed by atoms with van der Waals surface area (Å²) in [6.07, 6.45) is 8.59. The number of carbonyl (C=O) groups excluding carboxylic acids is 1. The molecule has 1 spiro atoms. The molecule has 3 N–H and O–H groups in total. The Morgan fingerprint density at radius 3 is 2.59 bits per heavy atom. The van der Waals surface area contributed by atoms with E-state index in [-0.39, 0.29) is 35.1 Å². The van der Waals surface area contributed by atoms with Crippen LogP contribution in [0.4, 0.5) is 4.39 Å². The molecular formula is C33H45FN4O2S. The fraction of sp³-hybridized carbons (Fsp3) is 0.576. The monoisotopic (exact) mass is 580 g/mol. The number of aliphatic hydroxyl groups excluding tert-OH is 1. The number of aromatic nitrogens is 2. The molecule has 1 amide bonds. The van der Waals surface area contributed by atoms with Gasteiger partial charge in [-0.25, -0.2) is 9.37 Å². The lowest BCUT2D eigenvalue weighted by Gasteiger charge is -2.31. The van der Waals surface area contributed by atoms with Gasteiger partial charge in [0.1, 0.15) is 11.6 Å². The fourth-order valence-electron chi connectivity index (χ4n) is 6.48. The van der Waals surface area contributed by atoms with Crippen LogP contribution in [0.3, 0.4) is 0 Å². The molecule has 3 atom stereocenters. The molecule has 1 aliphatic heterocycles. The first kappa shape index (κ1) is 29.9. The molecule has 5 rings (SSSR count). The minimum Gasteiger partial charge on any atom is -0.393 e. The van der Waals surface area contributed by atoms with Crippen molar-refractivity contribution in [3.05, 3.63) is 52.6 Å². The van der Waals surface area contributed by atoms with Gasteiger partial charge in [-0.15, -0.1) is 0 Å². The number of likely N-dealkylation sites (tertiary alicyclic amines) is 1. The lowest BCUT2D eigenvalue weighted by atomic mass is 9.90. The van der Waals surface area contributed by atoms with E-state index in [9.17, 15) is 14.3 Å². The van der Waals surface area contributed by atoms with Crippen LogP contribution in [0.2, 0.25) is 0 Å². The highest BCUT2D eigenvalue weighted by Gasteiger charge is 2.58. The highest BCUT2D eigenvalue weighted by Crippen LogP contribution is 2.59. The Labute approximate surface area is 247 Å². The molecule has 2 fully saturated rings. The second kappa shape index (κ2) is 13.6. The second-order valence-electron chi connectivity index (χ2n) is 12.1. The number of aromatic amines is 1. The number of aliphatic hydroxyl groups is 1. The maximum Gasteiger partial charge on any atom is 0.223 e. The molecule has 0 radical (unpaired) electrons. The van der Waals surface area contributed by atoms with Gasteiger partial charge in [-0.05, 0) is 99.3 Å². The summed E-state index contributed by atoms with van der Waals surface area (Å²) in [5, 5.41) is 17.5. The molecule has 1 saturated carbocycles. The van der Waals surface area contributed by atoms with Crippen LogP contribution in [0.15, 0.2) is 41.1 Å². The van der Waals surface area contributed by atoms with Crippen LogP contribution >= 0.6 is 11.3 Å². The van der Waals surface area contributed by atoms with Crippen molar-refractivity contribution in [2.24, 2.45) is 11.3 Å². The molecule has 2 aromatic heterocycles. The van der Waals surface area contributed by atoms with E-state index in [2.05, 4.69) is 39.0 Å². The number of halogens is 1. The van der Waals surface area contributed by atoms with E-state index >= 15 is 0 Å². The molecule has 3 heterocycles. The maximum atomic E-state index is 13.6. The zero-order valence-electron chi connectivity index (χ0n) is 24.5. The Bertz CT molecular complexity index is 1250. The predicted octanol–water partition coefficient (Wildman–Crippen LogP) is 6.99. The summed E-state index contributed by atoms with van der Waals surface area (Å²) in [6.45, 7) is 8.07. The van der Waals surface area contributed by atoms with Gasteiger partial charge in [0.25, 0.3) is 0 Å². The Hall–Kier alpha value is -2.55. The number of nitrogens with one attached hydrogen (secondary N) is 2. The Balaban J connectivity index is 1.32.